The molecular formula is C12H27N. The summed E-state index contributed by atoms with van der Waals surface area (Å²) in [6, 6.07) is 0.347. The first-order valence-corrected chi connectivity index (χ1v) is 5.38. The van der Waals surface area contributed by atoms with Gasteiger partial charge in [-0.2, -0.15) is 0 Å². The van der Waals surface area contributed by atoms with Crippen molar-refractivity contribution < 1.29 is 0 Å². The van der Waals surface area contributed by atoms with Crippen LogP contribution in [0.25, 0.3) is 0 Å². The lowest BCUT2D eigenvalue weighted by Crippen LogP contribution is -2.24. The van der Waals surface area contributed by atoms with Gasteiger partial charge in [-0.1, -0.05) is 34.6 Å². The second-order valence-electron chi connectivity index (χ2n) is 6.42. The molecule has 0 spiro atoms. The fourth-order valence-corrected chi connectivity index (χ4v) is 2.14. The Kier molecular flexibility index (Phi) is 4.44. The first-order chi connectivity index (χ1) is 5.62. The molecule has 13 heavy (non-hydrogen) atoms. The molecule has 0 fully saturated rings. The van der Waals surface area contributed by atoms with Crippen molar-refractivity contribution in [1.82, 2.24) is 0 Å². The maximum absolute atomic E-state index is 5.76. The van der Waals surface area contributed by atoms with Crippen molar-refractivity contribution in [3.05, 3.63) is 0 Å². The summed E-state index contributed by atoms with van der Waals surface area (Å²) in [6.07, 6.45) is 3.65. The number of hydrogen-bond donors (Lipinski definition) is 1. The van der Waals surface area contributed by atoms with Crippen LogP contribution in [0.4, 0.5) is 0 Å². The predicted molar refractivity (Wildman–Crippen MR) is 60.7 cm³/mol. The van der Waals surface area contributed by atoms with Gasteiger partial charge in [0, 0.05) is 6.04 Å². The highest BCUT2D eigenvalue weighted by atomic mass is 14.6. The van der Waals surface area contributed by atoms with Gasteiger partial charge in [-0.15, -0.1) is 0 Å². The van der Waals surface area contributed by atoms with Crippen LogP contribution in [0.5, 0.6) is 0 Å². The van der Waals surface area contributed by atoms with Crippen molar-refractivity contribution >= 4 is 0 Å². The van der Waals surface area contributed by atoms with E-state index in [1.165, 1.54) is 12.8 Å². The number of rotatable bonds is 4. The predicted octanol–water partition coefficient (Wildman–Crippen LogP) is 3.58. The average molecular weight is 185 g/mol. The molecule has 1 heteroatoms. The van der Waals surface area contributed by atoms with E-state index in [9.17, 15) is 0 Å². The summed E-state index contributed by atoms with van der Waals surface area (Å²) in [4.78, 5) is 0. The summed E-state index contributed by atoms with van der Waals surface area (Å²) in [6.45, 7) is 13.7. The smallest absolute Gasteiger partial charge is 0.00106 e. The minimum absolute atomic E-state index is 0.347. The molecule has 0 aromatic rings. The van der Waals surface area contributed by atoms with E-state index in [1.807, 2.05) is 0 Å². The van der Waals surface area contributed by atoms with Gasteiger partial charge in [0.15, 0.2) is 0 Å². The molecule has 0 radical (unpaired) electrons. The second kappa shape index (κ2) is 4.45. The second-order valence-corrected chi connectivity index (χ2v) is 6.42. The minimum atomic E-state index is 0.347. The van der Waals surface area contributed by atoms with Gasteiger partial charge in [0.2, 0.25) is 0 Å². The third kappa shape index (κ3) is 8.29. The Balaban J connectivity index is 3.94. The fourth-order valence-electron chi connectivity index (χ4n) is 2.14. The highest BCUT2D eigenvalue weighted by molar-refractivity contribution is 4.77. The highest BCUT2D eigenvalue weighted by Gasteiger charge is 2.25. The zero-order valence-corrected chi connectivity index (χ0v) is 10.3. The van der Waals surface area contributed by atoms with E-state index in [0.717, 1.165) is 6.42 Å². The first kappa shape index (κ1) is 13.0. The zero-order chi connectivity index (χ0) is 10.7. The Morgan fingerprint density at radius 1 is 1.08 bits per heavy atom. The van der Waals surface area contributed by atoms with E-state index in [0.29, 0.717) is 16.9 Å². The van der Waals surface area contributed by atoms with Crippen LogP contribution in [0.1, 0.15) is 60.8 Å². The standard InChI is InChI=1S/C12H27N/c1-10(13)7-8-12(5,6)9-11(2,3)4/h10H,7-9,13H2,1-6H3. The number of nitrogens with two attached hydrogens (primary N) is 1. The van der Waals surface area contributed by atoms with E-state index in [-0.39, 0.29) is 0 Å². The van der Waals surface area contributed by atoms with Crippen LogP contribution in [0, 0.1) is 10.8 Å². The maximum Gasteiger partial charge on any atom is 0.00106 e. The molecule has 2 N–H and O–H groups in total. The monoisotopic (exact) mass is 185 g/mol. The Labute approximate surface area is 84.1 Å². The van der Waals surface area contributed by atoms with Crippen molar-refractivity contribution in [3.8, 4) is 0 Å². The third-order valence-electron chi connectivity index (χ3n) is 2.29. The Morgan fingerprint density at radius 3 is 1.85 bits per heavy atom. The lowest BCUT2D eigenvalue weighted by Gasteiger charge is -2.33. The molecular weight excluding hydrogens is 158 g/mol. The third-order valence-corrected chi connectivity index (χ3v) is 2.29. The molecule has 0 saturated carbocycles. The van der Waals surface area contributed by atoms with Crippen molar-refractivity contribution in [2.75, 3.05) is 0 Å². The summed E-state index contributed by atoms with van der Waals surface area (Å²) >= 11 is 0. The normalized spacial score (nSPS) is 15.9. The molecule has 0 bridgehead atoms. The van der Waals surface area contributed by atoms with Gasteiger partial charge >= 0.3 is 0 Å². The molecule has 0 rings (SSSR count). The van der Waals surface area contributed by atoms with Gasteiger partial charge in [-0.05, 0) is 37.0 Å². The minimum Gasteiger partial charge on any atom is -0.328 e. The summed E-state index contributed by atoms with van der Waals surface area (Å²) in [5.74, 6) is 0. The zero-order valence-electron chi connectivity index (χ0n) is 10.3. The van der Waals surface area contributed by atoms with E-state index < -0.39 is 0 Å². The van der Waals surface area contributed by atoms with E-state index in [1.54, 1.807) is 0 Å². The SMILES string of the molecule is CC(N)CCC(C)(C)CC(C)(C)C. The van der Waals surface area contributed by atoms with Crippen molar-refractivity contribution in [3.63, 3.8) is 0 Å². The Bertz CT molecular complexity index is 140. The van der Waals surface area contributed by atoms with Crippen LogP contribution in [0.15, 0.2) is 0 Å². The largest absolute Gasteiger partial charge is 0.328 e. The van der Waals surface area contributed by atoms with Crippen molar-refractivity contribution in [2.24, 2.45) is 16.6 Å². The van der Waals surface area contributed by atoms with Crippen LogP contribution < -0.4 is 5.73 Å². The molecule has 1 nitrogen and oxygen atoms in total. The first-order valence-electron chi connectivity index (χ1n) is 5.38. The van der Waals surface area contributed by atoms with Gasteiger partial charge in [0.25, 0.3) is 0 Å². The van der Waals surface area contributed by atoms with E-state index in [2.05, 4.69) is 41.5 Å². The quantitative estimate of drug-likeness (QED) is 0.712. The Hall–Kier alpha value is -0.0400. The average Bonchev–Trinajstić information content (AvgIpc) is 1.78. The van der Waals surface area contributed by atoms with Gasteiger partial charge < -0.3 is 5.73 Å². The molecule has 0 heterocycles. The topological polar surface area (TPSA) is 26.0 Å². The van der Waals surface area contributed by atoms with Crippen LogP contribution >= 0.6 is 0 Å². The molecule has 0 aromatic carbocycles. The van der Waals surface area contributed by atoms with Crippen LogP contribution in [0.2, 0.25) is 0 Å². The van der Waals surface area contributed by atoms with Gasteiger partial charge in [0.05, 0.1) is 0 Å². The molecule has 0 saturated heterocycles. The summed E-state index contributed by atoms with van der Waals surface area (Å²) in [7, 11) is 0. The summed E-state index contributed by atoms with van der Waals surface area (Å²) in [5, 5.41) is 0. The van der Waals surface area contributed by atoms with Crippen LogP contribution in [-0.4, -0.2) is 6.04 Å². The van der Waals surface area contributed by atoms with E-state index >= 15 is 0 Å². The van der Waals surface area contributed by atoms with Crippen LogP contribution in [-0.2, 0) is 0 Å². The van der Waals surface area contributed by atoms with E-state index in [4.69, 9.17) is 5.73 Å². The van der Waals surface area contributed by atoms with Gasteiger partial charge in [-0.25, -0.2) is 0 Å². The molecule has 0 aromatic heterocycles. The molecule has 0 aliphatic heterocycles. The number of hydrogen-bond acceptors (Lipinski definition) is 1. The lowest BCUT2D eigenvalue weighted by molar-refractivity contribution is 0.192. The fraction of sp³-hybridized carbons (Fsp3) is 1.00. The summed E-state index contributed by atoms with van der Waals surface area (Å²) < 4.78 is 0. The molecule has 0 aliphatic carbocycles. The summed E-state index contributed by atoms with van der Waals surface area (Å²) in [5.41, 5.74) is 6.63. The van der Waals surface area contributed by atoms with Gasteiger partial charge in [-0.3, -0.25) is 0 Å². The molecule has 0 amide bonds. The molecule has 0 aliphatic rings. The lowest BCUT2D eigenvalue weighted by atomic mass is 9.73. The van der Waals surface area contributed by atoms with Crippen molar-refractivity contribution in [2.45, 2.75) is 66.8 Å². The molecule has 1 unspecified atom stereocenters. The maximum atomic E-state index is 5.76. The Morgan fingerprint density at radius 2 is 1.54 bits per heavy atom. The highest BCUT2D eigenvalue weighted by Crippen LogP contribution is 2.36. The molecule has 80 valence electrons. The van der Waals surface area contributed by atoms with Crippen molar-refractivity contribution in [1.29, 1.82) is 0 Å². The van der Waals surface area contributed by atoms with Gasteiger partial charge in [0.1, 0.15) is 0 Å². The molecule has 1 atom stereocenters. The van der Waals surface area contributed by atoms with Crippen LogP contribution in [0.3, 0.4) is 0 Å².